The standard InChI is InChI=1S/C16H20ClFN2O/c17-14-2-1-3-15(18)13(14)8-16(21)20-6-4-11-9-19-10-12(11)5-7-20/h1-3,11-12,19H,4-10H2/t11-,12+. The van der Waals surface area contributed by atoms with Crippen LogP contribution in [-0.2, 0) is 11.2 Å². The van der Waals surface area contributed by atoms with Crippen LogP contribution in [0.25, 0.3) is 0 Å². The molecule has 0 saturated carbocycles. The third-order valence-electron chi connectivity index (χ3n) is 4.76. The van der Waals surface area contributed by atoms with Gasteiger partial charge in [0.05, 0.1) is 6.42 Å². The fourth-order valence-electron chi connectivity index (χ4n) is 3.43. The summed E-state index contributed by atoms with van der Waals surface area (Å²) < 4.78 is 13.8. The van der Waals surface area contributed by atoms with Crippen LogP contribution in [0.1, 0.15) is 18.4 Å². The number of nitrogens with one attached hydrogen (secondary N) is 1. The molecule has 2 aliphatic rings. The van der Waals surface area contributed by atoms with Gasteiger partial charge in [-0.15, -0.1) is 0 Å². The summed E-state index contributed by atoms with van der Waals surface area (Å²) in [5.41, 5.74) is 0.315. The summed E-state index contributed by atoms with van der Waals surface area (Å²) in [4.78, 5) is 14.3. The molecule has 0 unspecified atom stereocenters. The number of hydrogen-bond acceptors (Lipinski definition) is 2. The molecule has 2 aliphatic heterocycles. The number of halogens is 2. The Labute approximate surface area is 129 Å². The first kappa shape index (κ1) is 14.8. The summed E-state index contributed by atoms with van der Waals surface area (Å²) >= 11 is 6.00. The van der Waals surface area contributed by atoms with Crippen molar-refractivity contribution in [1.29, 1.82) is 0 Å². The maximum Gasteiger partial charge on any atom is 0.227 e. The van der Waals surface area contributed by atoms with Crippen LogP contribution >= 0.6 is 11.6 Å². The minimum absolute atomic E-state index is 0.0186. The molecular formula is C16H20ClFN2O. The Balaban J connectivity index is 1.65. The Bertz CT molecular complexity index is 503. The highest BCUT2D eigenvalue weighted by atomic mass is 35.5. The molecule has 0 spiro atoms. The van der Waals surface area contributed by atoms with Crippen LogP contribution < -0.4 is 5.32 Å². The SMILES string of the molecule is O=C(Cc1c(F)cccc1Cl)N1CC[C@@H]2CNC[C@@H]2CC1. The molecule has 0 aromatic heterocycles. The van der Waals surface area contributed by atoms with Crippen LogP contribution in [0.3, 0.4) is 0 Å². The van der Waals surface area contributed by atoms with Crippen molar-refractivity contribution in [2.24, 2.45) is 11.8 Å². The second-order valence-corrected chi connectivity index (χ2v) is 6.42. The van der Waals surface area contributed by atoms with Gasteiger partial charge in [-0.25, -0.2) is 4.39 Å². The maximum atomic E-state index is 13.8. The van der Waals surface area contributed by atoms with E-state index in [9.17, 15) is 9.18 Å². The maximum absolute atomic E-state index is 13.8. The highest BCUT2D eigenvalue weighted by molar-refractivity contribution is 6.31. The molecular weight excluding hydrogens is 291 g/mol. The first-order valence-corrected chi connectivity index (χ1v) is 7.94. The number of fused-ring (bicyclic) bond motifs is 1. The first-order valence-electron chi connectivity index (χ1n) is 7.56. The van der Waals surface area contributed by atoms with Crippen LogP contribution in [0.4, 0.5) is 4.39 Å². The van der Waals surface area contributed by atoms with Gasteiger partial charge in [-0.2, -0.15) is 0 Å². The van der Waals surface area contributed by atoms with Crippen molar-refractivity contribution < 1.29 is 9.18 Å². The molecule has 21 heavy (non-hydrogen) atoms. The second-order valence-electron chi connectivity index (χ2n) is 6.01. The largest absolute Gasteiger partial charge is 0.342 e. The third-order valence-corrected chi connectivity index (χ3v) is 5.12. The number of amides is 1. The predicted octanol–water partition coefficient (Wildman–Crippen LogP) is 2.48. The van der Waals surface area contributed by atoms with Crippen LogP contribution in [0.2, 0.25) is 5.02 Å². The lowest BCUT2D eigenvalue weighted by Crippen LogP contribution is -2.34. The summed E-state index contributed by atoms with van der Waals surface area (Å²) in [7, 11) is 0. The molecule has 3 rings (SSSR count). The number of benzene rings is 1. The van der Waals surface area contributed by atoms with E-state index in [1.165, 1.54) is 6.07 Å². The van der Waals surface area contributed by atoms with Gasteiger partial charge in [0.15, 0.2) is 0 Å². The van der Waals surface area contributed by atoms with Gasteiger partial charge in [-0.3, -0.25) is 4.79 Å². The Hall–Kier alpha value is -1.13. The average molecular weight is 311 g/mol. The summed E-state index contributed by atoms with van der Waals surface area (Å²) in [5, 5.41) is 3.75. The van der Waals surface area contributed by atoms with Crippen molar-refractivity contribution >= 4 is 17.5 Å². The molecule has 3 nitrogen and oxygen atoms in total. The molecule has 2 atom stereocenters. The average Bonchev–Trinajstić information content (AvgIpc) is 2.81. The fourth-order valence-corrected chi connectivity index (χ4v) is 3.66. The van der Waals surface area contributed by atoms with Gasteiger partial charge in [0, 0.05) is 23.7 Å². The number of nitrogens with zero attached hydrogens (tertiary/aromatic N) is 1. The van der Waals surface area contributed by atoms with Gasteiger partial charge in [-0.1, -0.05) is 17.7 Å². The normalized spacial score (nSPS) is 25.5. The zero-order chi connectivity index (χ0) is 14.8. The second kappa shape index (κ2) is 6.32. The number of hydrogen-bond donors (Lipinski definition) is 1. The van der Waals surface area contributed by atoms with Gasteiger partial charge in [0.1, 0.15) is 5.82 Å². The van der Waals surface area contributed by atoms with Crippen LogP contribution in [0.15, 0.2) is 18.2 Å². The molecule has 0 bridgehead atoms. The van der Waals surface area contributed by atoms with E-state index in [1.807, 2.05) is 4.90 Å². The Morgan fingerprint density at radius 2 is 1.95 bits per heavy atom. The topological polar surface area (TPSA) is 32.3 Å². The molecule has 114 valence electrons. The quantitative estimate of drug-likeness (QED) is 0.910. The van der Waals surface area contributed by atoms with Gasteiger partial charge in [0.2, 0.25) is 5.91 Å². The Morgan fingerprint density at radius 3 is 2.57 bits per heavy atom. The van der Waals surface area contributed by atoms with Crippen molar-refractivity contribution in [3.8, 4) is 0 Å². The van der Waals surface area contributed by atoms with E-state index in [-0.39, 0.29) is 12.3 Å². The molecule has 0 aliphatic carbocycles. The number of rotatable bonds is 2. The number of likely N-dealkylation sites (tertiary alicyclic amines) is 1. The zero-order valence-electron chi connectivity index (χ0n) is 11.9. The summed E-state index contributed by atoms with van der Waals surface area (Å²) in [6.45, 7) is 3.67. The van der Waals surface area contributed by atoms with Crippen molar-refractivity contribution in [2.75, 3.05) is 26.2 Å². The van der Waals surface area contributed by atoms with Crippen molar-refractivity contribution in [1.82, 2.24) is 10.2 Å². The van der Waals surface area contributed by atoms with Gasteiger partial charge < -0.3 is 10.2 Å². The van der Waals surface area contributed by atoms with Crippen molar-refractivity contribution in [3.63, 3.8) is 0 Å². The van der Waals surface area contributed by atoms with E-state index in [0.29, 0.717) is 22.4 Å². The van der Waals surface area contributed by atoms with E-state index in [1.54, 1.807) is 12.1 Å². The molecule has 0 radical (unpaired) electrons. The number of carbonyl (C=O) groups is 1. The molecule has 1 aromatic carbocycles. The first-order chi connectivity index (χ1) is 10.1. The molecule has 2 heterocycles. The van der Waals surface area contributed by atoms with E-state index in [2.05, 4.69) is 5.32 Å². The molecule has 1 amide bonds. The molecule has 5 heteroatoms. The monoisotopic (exact) mass is 310 g/mol. The molecule has 1 N–H and O–H groups in total. The van der Waals surface area contributed by atoms with Crippen LogP contribution in [0, 0.1) is 17.7 Å². The highest BCUT2D eigenvalue weighted by Crippen LogP contribution is 2.28. The van der Waals surface area contributed by atoms with Crippen molar-refractivity contribution in [3.05, 3.63) is 34.6 Å². The van der Waals surface area contributed by atoms with E-state index in [0.717, 1.165) is 39.0 Å². The van der Waals surface area contributed by atoms with Crippen LogP contribution in [0.5, 0.6) is 0 Å². The van der Waals surface area contributed by atoms with Crippen molar-refractivity contribution in [2.45, 2.75) is 19.3 Å². The van der Waals surface area contributed by atoms with Gasteiger partial charge in [0.25, 0.3) is 0 Å². The predicted molar refractivity (Wildman–Crippen MR) is 80.8 cm³/mol. The third kappa shape index (κ3) is 3.22. The van der Waals surface area contributed by atoms with E-state index < -0.39 is 5.82 Å². The van der Waals surface area contributed by atoms with Gasteiger partial charge in [-0.05, 0) is 49.9 Å². The summed E-state index contributed by atoms with van der Waals surface area (Å²) in [5.74, 6) is 0.946. The lowest BCUT2D eigenvalue weighted by atomic mass is 9.92. The van der Waals surface area contributed by atoms with Crippen LogP contribution in [-0.4, -0.2) is 37.0 Å². The zero-order valence-corrected chi connectivity index (χ0v) is 12.7. The number of carbonyl (C=O) groups excluding carboxylic acids is 1. The minimum Gasteiger partial charge on any atom is -0.342 e. The lowest BCUT2D eigenvalue weighted by molar-refractivity contribution is -0.130. The Morgan fingerprint density at radius 1 is 1.29 bits per heavy atom. The Kier molecular flexibility index (Phi) is 4.45. The highest BCUT2D eigenvalue weighted by Gasteiger charge is 2.31. The van der Waals surface area contributed by atoms with E-state index in [4.69, 9.17) is 11.6 Å². The minimum atomic E-state index is -0.397. The summed E-state index contributed by atoms with van der Waals surface area (Å²) in [6.07, 6.45) is 2.13. The van der Waals surface area contributed by atoms with Gasteiger partial charge >= 0.3 is 0 Å². The summed E-state index contributed by atoms with van der Waals surface area (Å²) in [6, 6.07) is 4.55. The molecule has 2 fully saturated rings. The molecule has 1 aromatic rings. The fraction of sp³-hybridized carbons (Fsp3) is 0.562. The molecule has 2 saturated heterocycles. The lowest BCUT2D eigenvalue weighted by Gasteiger charge is -2.21. The van der Waals surface area contributed by atoms with E-state index >= 15 is 0 Å². The smallest absolute Gasteiger partial charge is 0.227 e.